The SMILES string of the molecule is Cn1nnnc1NC(=O)c1nn(C)c(=O)n(Cc2ccc(F)cc2F)c1=O. The number of aromatic nitrogens is 7. The maximum Gasteiger partial charge on any atom is 0.347 e. The molecular formula is C14H12F2N8O3. The number of halogens is 2. The highest BCUT2D eigenvalue weighted by atomic mass is 19.1. The summed E-state index contributed by atoms with van der Waals surface area (Å²) in [5.74, 6) is -2.74. The van der Waals surface area contributed by atoms with Gasteiger partial charge in [0.15, 0.2) is 0 Å². The van der Waals surface area contributed by atoms with Gasteiger partial charge in [0, 0.05) is 25.7 Å². The van der Waals surface area contributed by atoms with Gasteiger partial charge in [-0.15, -0.1) is 0 Å². The molecule has 2 aromatic heterocycles. The van der Waals surface area contributed by atoms with Crippen molar-refractivity contribution in [1.82, 2.24) is 34.6 Å². The van der Waals surface area contributed by atoms with Crippen molar-refractivity contribution in [3.05, 3.63) is 61.9 Å². The maximum absolute atomic E-state index is 13.9. The smallest absolute Gasteiger partial charge is 0.288 e. The van der Waals surface area contributed by atoms with Crippen LogP contribution in [0.3, 0.4) is 0 Å². The summed E-state index contributed by atoms with van der Waals surface area (Å²) in [4.78, 5) is 37.1. The zero-order chi connectivity index (χ0) is 19.7. The lowest BCUT2D eigenvalue weighted by Crippen LogP contribution is -2.45. The molecule has 3 rings (SSSR count). The molecule has 0 atom stereocenters. The van der Waals surface area contributed by atoms with Gasteiger partial charge in [-0.3, -0.25) is 19.5 Å². The summed E-state index contributed by atoms with van der Waals surface area (Å²) in [7, 11) is 2.68. The number of amides is 1. The van der Waals surface area contributed by atoms with Crippen molar-refractivity contribution < 1.29 is 13.6 Å². The Balaban J connectivity index is 2.03. The number of tetrazole rings is 1. The molecule has 1 aromatic carbocycles. The molecule has 0 fully saturated rings. The third-order valence-electron chi connectivity index (χ3n) is 3.61. The lowest BCUT2D eigenvalue weighted by molar-refractivity contribution is 0.101. The summed E-state index contributed by atoms with van der Waals surface area (Å²) >= 11 is 0. The lowest BCUT2D eigenvalue weighted by Gasteiger charge is -2.10. The second kappa shape index (κ2) is 6.86. The molecule has 2 heterocycles. The van der Waals surface area contributed by atoms with Gasteiger partial charge in [-0.05, 0) is 16.5 Å². The standard InChI is InChI=1S/C14H12F2N8O3/c1-22-13(18-20-21-22)17-11(25)10-12(26)24(14(27)23(2)19-10)6-7-3-4-8(15)5-9(7)16/h3-5H,6H2,1-2H3,(H,17,18,21,25). The quantitative estimate of drug-likeness (QED) is 0.619. The van der Waals surface area contributed by atoms with Crippen LogP contribution in [0.4, 0.5) is 14.7 Å². The zero-order valence-electron chi connectivity index (χ0n) is 14.1. The Morgan fingerprint density at radius 2 is 1.93 bits per heavy atom. The van der Waals surface area contributed by atoms with Crippen molar-refractivity contribution >= 4 is 11.9 Å². The van der Waals surface area contributed by atoms with Crippen molar-refractivity contribution in [3.63, 3.8) is 0 Å². The first kappa shape index (κ1) is 18.0. The predicted octanol–water partition coefficient (Wildman–Crippen LogP) is -0.956. The van der Waals surface area contributed by atoms with Crippen LogP contribution in [0.15, 0.2) is 27.8 Å². The summed E-state index contributed by atoms with van der Waals surface area (Å²) in [6, 6.07) is 2.71. The Kier molecular flexibility index (Phi) is 4.58. The number of carbonyl (C=O) groups is 1. The Morgan fingerprint density at radius 1 is 1.19 bits per heavy atom. The minimum atomic E-state index is -1.05. The number of benzene rings is 1. The molecule has 1 N–H and O–H groups in total. The largest absolute Gasteiger partial charge is 0.347 e. The topological polar surface area (TPSA) is 130 Å². The van der Waals surface area contributed by atoms with Crippen LogP contribution < -0.4 is 16.6 Å². The van der Waals surface area contributed by atoms with Crippen LogP contribution >= 0.6 is 0 Å². The number of hydrogen-bond donors (Lipinski definition) is 1. The Hall–Kier alpha value is -3.77. The number of hydrogen-bond acceptors (Lipinski definition) is 7. The second-order valence-corrected chi connectivity index (χ2v) is 5.46. The van der Waals surface area contributed by atoms with E-state index in [1.54, 1.807) is 0 Å². The first-order valence-electron chi connectivity index (χ1n) is 7.43. The highest BCUT2D eigenvalue weighted by molar-refractivity contribution is 6.01. The fraction of sp³-hybridized carbons (Fsp3) is 0.214. The molecular weight excluding hydrogens is 366 g/mol. The monoisotopic (exact) mass is 378 g/mol. The number of rotatable bonds is 4. The minimum absolute atomic E-state index is 0.0498. The Bertz CT molecular complexity index is 1150. The first-order chi connectivity index (χ1) is 12.8. The molecule has 0 bridgehead atoms. The van der Waals surface area contributed by atoms with Crippen molar-refractivity contribution in [2.75, 3.05) is 5.32 Å². The number of nitrogens with zero attached hydrogens (tertiary/aromatic N) is 7. The van der Waals surface area contributed by atoms with Crippen LogP contribution in [0.5, 0.6) is 0 Å². The molecule has 13 heteroatoms. The molecule has 0 spiro atoms. The minimum Gasteiger partial charge on any atom is -0.288 e. The van der Waals surface area contributed by atoms with Crippen LogP contribution in [-0.2, 0) is 20.6 Å². The number of aryl methyl sites for hydroxylation is 2. The lowest BCUT2D eigenvalue weighted by atomic mass is 10.2. The number of nitrogens with one attached hydrogen (secondary N) is 1. The molecule has 0 aliphatic heterocycles. The van der Waals surface area contributed by atoms with Gasteiger partial charge in [0.1, 0.15) is 11.6 Å². The van der Waals surface area contributed by atoms with Crippen molar-refractivity contribution in [2.45, 2.75) is 6.54 Å². The third kappa shape index (κ3) is 3.47. The molecule has 11 nitrogen and oxygen atoms in total. The predicted molar refractivity (Wildman–Crippen MR) is 85.9 cm³/mol. The fourth-order valence-electron chi connectivity index (χ4n) is 2.22. The van der Waals surface area contributed by atoms with Crippen LogP contribution in [0, 0.1) is 11.6 Å². The molecule has 0 saturated heterocycles. The van der Waals surface area contributed by atoms with Crippen LogP contribution in [0.2, 0.25) is 0 Å². The molecule has 1 amide bonds. The van der Waals surface area contributed by atoms with Gasteiger partial charge in [0.05, 0.1) is 6.54 Å². The van der Waals surface area contributed by atoms with E-state index in [2.05, 4.69) is 25.9 Å². The van der Waals surface area contributed by atoms with Gasteiger partial charge in [-0.2, -0.15) is 5.10 Å². The van der Waals surface area contributed by atoms with Gasteiger partial charge in [0.2, 0.25) is 11.6 Å². The van der Waals surface area contributed by atoms with Crippen LogP contribution in [0.1, 0.15) is 16.1 Å². The molecule has 0 aliphatic rings. The van der Waals surface area contributed by atoms with Gasteiger partial charge in [-0.1, -0.05) is 11.2 Å². The molecule has 3 aromatic rings. The Labute approximate surface area is 148 Å². The van der Waals surface area contributed by atoms with E-state index < -0.39 is 41.0 Å². The average Bonchev–Trinajstić information content (AvgIpc) is 3.01. The highest BCUT2D eigenvalue weighted by Gasteiger charge is 2.21. The van der Waals surface area contributed by atoms with E-state index in [1.807, 2.05) is 0 Å². The van der Waals surface area contributed by atoms with Gasteiger partial charge in [-0.25, -0.2) is 22.9 Å². The number of anilines is 1. The molecule has 27 heavy (non-hydrogen) atoms. The second-order valence-electron chi connectivity index (χ2n) is 5.46. The normalized spacial score (nSPS) is 10.8. The van der Waals surface area contributed by atoms with Gasteiger partial charge >= 0.3 is 5.69 Å². The van der Waals surface area contributed by atoms with E-state index in [0.29, 0.717) is 10.6 Å². The first-order valence-corrected chi connectivity index (χ1v) is 7.43. The van der Waals surface area contributed by atoms with Crippen molar-refractivity contribution in [3.8, 4) is 0 Å². The summed E-state index contributed by atoms with van der Waals surface area (Å²) in [6.45, 7) is -0.508. The van der Waals surface area contributed by atoms with E-state index in [0.717, 1.165) is 21.5 Å². The van der Waals surface area contributed by atoms with Gasteiger partial charge in [0.25, 0.3) is 11.5 Å². The third-order valence-corrected chi connectivity index (χ3v) is 3.61. The molecule has 0 unspecified atom stereocenters. The summed E-state index contributed by atoms with van der Waals surface area (Å²) in [5, 5.41) is 16.3. The maximum atomic E-state index is 13.9. The van der Waals surface area contributed by atoms with E-state index in [9.17, 15) is 23.2 Å². The molecule has 140 valence electrons. The van der Waals surface area contributed by atoms with Gasteiger partial charge < -0.3 is 0 Å². The van der Waals surface area contributed by atoms with E-state index in [4.69, 9.17) is 0 Å². The summed E-state index contributed by atoms with van der Waals surface area (Å²) in [6.07, 6.45) is 0. The Morgan fingerprint density at radius 3 is 2.56 bits per heavy atom. The van der Waals surface area contributed by atoms with Crippen LogP contribution in [-0.4, -0.2) is 40.5 Å². The average molecular weight is 378 g/mol. The summed E-state index contributed by atoms with van der Waals surface area (Å²) < 4.78 is 29.4. The van der Waals surface area contributed by atoms with E-state index in [1.165, 1.54) is 14.1 Å². The molecule has 0 saturated carbocycles. The number of carbonyl (C=O) groups excluding carboxylic acids is 1. The van der Waals surface area contributed by atoms with Crippen molar-refractivity contribution in [2.24, 2.45) is 14.1 Å². The van der Waals surface area contributed by atoms with Crippen molar-refractivity contribution in [1.29, 1.82) is 0 Å². The molecule has 0 aliphatic carbocycles. The van der Waals surface area contributed by atoms with Crippen LogP contribution in [0.25, 0.3) is 0 Å². The molecule has 0 radical (unpaired) electrons. The zero-order valence-corrected chi connectivity index (χ0v) is 14.1. The fourth-order valence-corrected chi connectivity index (χ4v) is 2.22. The summed E-state index contributed by atoms with van der Waals surface area (Å²) in [5.41, 5.74) is -2.65. The van der Waals surface area contributed by atoms with E-state index in [-0.39, 0.29) is 11.5 Å². The van der Waals surface area contributed by atoms with E-state index >= 15 is 0 Å². The highest BCUT2D eigenvalue weighted by Crippen LogP contribution is 2.10.